The Morgan fingerprint density at radius 1 is 1.06 bits per heavy atom. The molecule has 0 heterocycles. The number of rotatable bonds is 6. The van der Waals surface area contributed by atoms with Crippen LogP contribution in [0.5, 0.6) is 0 Å². The molecule has 0 aliphatic carbocycles. The summed E-state index contributed by atoms with van der Waals surface area (Å²) in [5.74, 6) is 0. The number of alkyl halides is 6. The molecule has 0 aromatic rings. The Kier molecular flexibility index (Phi) is 6.25. The number of ether oxygens (including phenoxy) is 1. The monoisotopic (exact) mass is 268 g/mol. The Labute approximate surface area is 94.6 Å². The van der Waals surface area contributed by atoms with Crippen molar-refractivity contribution in [2.75, 3.05) is 6.61 Å². The van der Waals surface area contributed by atoms with Gasteiger partial charge in [0.25, 0.3) is 0 Å². The molecule has 0 aliphatic rings. The van der Waals surface area contributed by atoms with Crippen LogP contribution in [0, 0.1) is 0 Å². The molecule has 0 amide bonds. The highest BCUT2D eigenvalue weighted by molar-refractivity contribution is 4.75. The van der Waals surface area contributed by atoms with Crippen LogP contribution in [-0.4, -0.2) is 36.3 Å². The van der Waals surface area contributed by atoms with Gasteiger partial charge in [0.2, 0.25) is 6.10 Å². The maximum atomic E-state index is 12.0. The average Bonchev–Trinajstić information content (AvgIpc) is 2.12. The third-order valence-electron chi connectivity index (χ3n) is 2.03. The normalized spacial score (nSPS) is 15.4. The number of aliphatic hydroxyl groups excluding tert-OH is 1. The fourth-order valence-electron chi connectivity index (χ4n) is 1.10. The van der Waals surface area contributed by atoms with Crippen molar-refractivity contribution in [1.29, 1.82) is 0 Å². The van der Waals surface area contributed by atoms with E-state index in [-0.39, 0.29) is 12.8 Å². The summed E-state index contributed by atoms with van der Waals surface area (Å²) >= 11 is 0. The van der Waals surface area contributed by atoms with Crippen molar-refractivity contribution in [2.45, 2.75) is 50.7 Å². The molecule has 0 spiro atoms. The first-order valence-corrected chi connectivity index (χ1v) is 5.02. The summed E-state index contributed by atoms with van der Waals surface area (Å²) in [6.07, 6.45) is -15.0. The average molecular weight is 268 g/mol. The minimum Gasteiger partial charge on any atom is -0.393 e. The Balaban J connectivity index is 4.12. The summed E-state index contributed by atoms with van der Waals surface area (Å²) in [5.41, 5.74) is 0. The van der Waals surface area contributed by atoms with Crippen molar-refractivity contribution in [3.05, 3.63) is 0 Å². The lowest BCUT2D eigenvalue weighted by atomic mass is 10.1. The summed E-state index contributed by atoms with van der Waals surface area (Å²) in [5, 5.41) is 9.04. The van der Waals surface area contributed by atoms with Crippen molar-refractivity contribution in [3.8, 4) is 0 Å². The molecule has 0 aliphatic heterocycles. The van der Waals surface area contributed by atoms with E-state index in [1.165, 1.54) is 0 Å². The number of hydrogen-bond acceptors (Lipinski definition) is 2. The van der Waals surface area contributed by atoms with Gasteiger partial charge in [0.05, 0.1) is 6.10 Å². The van der Waals surface area contributed by atoms with E-state index in [0.29, 0.717) is 6.42 Å². The van der Waals surface area contributed by atoms with Gasteiger partial charge in [-0.2, -0.15) is 26.3 Å². The SMILES string of the molecule is CCC(O)CCCOC(C(F)(F)F)C(F)(F)F. The van der Waals surface area contributed by atoms with E-state index in [4.69, 9.17) is 5.11 Å². The van der Waals surface area contributed by atoms with Crippen LogP contribution in [-0.2, 0) is 4.74 Å². The molecule has 0 rings (SSSR count). The standard InChI is InChI=1S/C9H14F6O2/c1-2-6(16)4-3-5-17-7(8(10,11)12)9(13,14)15/h6-7,16H,2-5H2,1H3. The van der Waals surface area contributed by atoms with Crippen molar-refractivity contribution < 1.29 is 36.2 Å². The molecule has 17 heavy (non-hydrogen) atoms. The molecule has 0 saturated heterocycles. The molecule has 0 fully saturated rings. The fourth-order valence-corrected chi connectivity index (χ4v) is 1.10. The Hall–Kier alpha value is -0.500. The van der Waals surface area contributed by atoms with Gasteiger partial charge in [0.1, 0.15) is 0 Å². The molecular formula is C9H14F6O2. The first-order valence-electron chi connectivity index (χ1n) is 5.02. The predicted octanol–water partition coefficient (Wildman–Crippen LogP) is 3.05. The minimum absolute atomic E-state index is 0.0579. The van der Waals surface area contributed by atoms with Gasteiger partial charge in [-0.15, -0.1) is 0 Å². The lowest BCUT2D eigenvalue weighted by Crippen LogP contribution is -2.44. The molecule has 8 heteroatoms. The van der Waals surface area contributed by atoms with Gasteiger partial charge in [0, 0.05) is 6.61 Å². The largest absolute Gasteiger partial charge is 0.423 e. The third-order valence-corrected chi connectivity index (χ3v) is 2.03. The summed E-state index contributed by atoms with van der Waals surface area (Å²) < 4.78 is 75.6. The van der Waals surface area contributed by atoms with Crippen molar-refractivity contribution in [2.24, 2.45) is 0 Å². The van der Waals surface area contributed by atoms with Gasteiger partial charge in [-0.1, -0.05) is 6.92 Å². The summed E-state index contributed by atoms with van der Waals surface area (Å²) in [7, 11) is 0. The smallest absolute Gasteiger partial charge is 0.393 e. The molecule has 0 bridgehead atoms. The molecule has 0 aromatic heterocycles. The van der Waals surface area contributed by atoms with Crippen LogP contribution in [0.2, 0.25) is 0 Å². The highest BCUT2D eigenvalue weighted by Crippen LogP contribution is 2.35. The zero-order valence-corrected chi connectivity index (χ0v) is 9.11. The van der Waals surface area contributed by atoms with E-state index in [0.717, 1.165) is 0 Å². The summed E-state index contributed by atoms with van der Waals surface area (Å²) in [6, 6.07) is 0. The third kappa shape index (κ3) is 6.72. The second kappa shape index (κ2) is 6.44. The molecule has 1 unspecified atom stereocenters. The van der Waals surface area contributed by atoms with E-state index >= 15 is 0 Å². The topological polar surface area (TPSA) is 29.5 Å². The Morgan fingerprint density at radius 3 is 1.88 bits per heavy atom. The predicted molar refractivity (Wildman–Crippen MR) is 47.4 cm³/mol. The first-order chi connectivity index (χ1) is 7.59. The van der Waals surface area contributed by atoms with Crippen LogP contribution in [0.4, 0.5) is 26.3 Å². The lowest BCUT2D eigenvalue weighted by Gasteiger charge is -2.23. The maximum absolute atomic E-state index is 12.0. The van der Waals surface area contributed by atoms with Gasteiger partial charge in [-0.05, 0) is 19.3 Å². The second-order valence-corrected chi connectivity index (χ2v) is 3.54. The van der Waals surface area contributed by atoms with Crippen molar-refractivity contribution >= 4 is 0 Å². The molecular weight excluding hydrogens is 254 g/mol. The number of aliphatic hydroxyl groups is 1. The zero-order chi connectivity index (χ0) is 13.7. The molecule has 0 saturated carbocycles. The van der Waals surface area contributed by atoms with Crippen LogP contribution in [0.15, 0.2) is 0 Å². The fraction of sp³-hybridized carbons (Fsp3) is 1.00. The van der Waals surface area contributed by atoms with Gasteiger partial charge >= 0.3 is 12.4 Å². The molecule has 104 valence electrons. The van der Waals surface area contributed by atoms with Crippen molar-refractivity contribution in [1.82, 2.24) is 0 Å². The lowest BCUT2D eigenvalue weighted by molar-refractivity contribution is -0.321. The second-order valence-electron chi connectivity index (χ2n) is 3.54. The molecule has 1 N–H and O–H groups in total. The van der Waals surface area contributed by atoms with Crippen LogP contribution >= 0.6 is 0 Å². The van der Waals surface area contributed by atoms with Crippen molar-refractivity contribution in [3.63, 3.8) is 0 Å². The number of hydrogen-bond donors (Lipinski definition) is 1. The van der Waals surface area contributed by atoms with Crippen LogP contribution in [0.3, 0.4) is 0 Å². The number of halogens is 6. The van der Waals surface area contributed by atoms with Gasteiger partial charge < -0.3 is 9.84 Å². The summed E-state index contributed by atoms with van der Waals surface area (Å²) in [4.78, 5) is 0. The van der Waals surface area contributed by atoms with E-state index in [1.807, 2.05) is 0 Å². The zero-order valence-electron chi connectivity index (χ0n) is 9.11. The van der Waals surface area contributed by atoms with Crippen LogP contribution in [0.1, 0.15) is 26.2 Å². The molecule has 1 atom stereocenters. The Bertz CT molecular complexity index is 199. The molecule has 2 nitrogen and oxygen atoms in total. The molecule has 0 radical (unpaired) electrons. The van der Waals surface area contributed by atoms with E-state index in [1.54, 1.807) is 6.92 Å². The van der Waals surface area contributed by atoms with Crippen LogP contribution in [0.25, 0.3) is 0 Å². The highest BCUT2D eigenvalue weighted by atomic mass is 19.4. The Morgan fingerprint density at radius 2 is 1.53 bits per heavy atom. The van der Waals surface area contributed by atoms with Gasteiger partial charge in [-0.3, -0.25) is 0 Å². The van der Waals surface area contributed by atoms with E-state index in [9.17, 15) is 26.3 Å². The van der Waals surface area contributed by atoms with E-state index in [2.05, 4.69) is 4.74 Å². The van der Waals surface area contributed by atoms with Gasteiger partial charge in [-0.25, -0.2) is 0 Å². The van der Waals surface area contributed by atoms with E-state index < -0.39 is 31.2 Å². The maximum Gasteiger partial charge on any atom is 0.423 e. The molecule has 0 aromatic carbocycles. The first kappa shape index (κ1) is 16.5. The highest BCUT2D eigenvalue weighted by Gasteiger charge is 2.57. The van der Waals surface area contributed by atoms with Crippen LogP contribution < -0.4 is 0 Å². The quantitative estimate of drug-likeness (QED) is 0.592. The van der Waals surface area contributed by atoms with Gasteiger partial charge in [0.15, 0.2) is 0 Å². The minimum atomic E-state index is -5.47. The summed E-state index contributed by atoms with van der Waals surface area (Å²) in [6.45, 7) is 0.959.